The molecule has 0 saturated heterocycles. The summed E-state index contributed by atoms with van der Waals surface area (Å²) in [6.45, 7) is 2.56. The fourth-order valence-electron chi connectivity index (χ4n) is 2.65. The van der Waals surface area contributed by atoms with Crippen LogP contribution in [-0.4, -0.2) is 34.0 Å². The molecular formula is C20H21N3O3. The van der Waals surface area contributed by atoms with Crippen LogP contribution in [-0.2, 0) is 6.54 Å². The van der Waals surface area contributed by atoms with Gasteiger partial charge in [-0.3, -0.25) is 4.79 Å². The number of nitrogens with one attached hydrogen (secondary N) is 1. The maximum absolute atomic E-state index is 12.7. The molecule has 134 valence electrons. The lowest BCUT2D eigenvalue weighted by Crippen LogP contribution is -2.17. The molecule has 0 bridgehead atoms. The van der Waals surface area contributed by atoms with E-state index in [1.807, 2.05) is 43.3 Å². The minimum Gasteiger partial charge on any atom is -0.493 e. The Morgan fingerprint density at radius 2 is 1.88 bits per heavy atom. The number of aliphatic hydroxyl groups is 1. The Labute approximate surface area is 152 Å². The highest BCUT2D eigenvalue weighted by Gasteiger charge is 2.16. The predicted molar refractivity (Wildman–Crippen MR) is 100 cm³/mol. The van der Waals surface area contributed by atoms with Gasteiger partial charge in [-0.25, -0.2) is 4.68 Å². The van der Waals surface area contributed by atoms with Gasteiger partial charge in [0.1, 0.15) is 11.6 Å². The Bertz CT molecular complexity index is 875. The first-order valence-electron chi connectivity index (χ1n) is 8.50. The van der Waals surface area contributed by atoms with Crippen molar-refractivity contribution >= 4 is 11.7 Å². The maximum Gasteiger partial charge on any atom is 0.260 e. The molecule has 0 aliphatic rings. The van der Waals surface area contributed by atoms with E-state index in [1.165, 1.54) is 0 Å². The van der Waals surface area contributed by atoms with E-state index in [0.717, 1.165) is 11.3 Å². The van der Waals surface area contributed by atoms with Gasteiger partial charge >= 0.3 is 0 Å². The summed E-state index contributed by atoms with van der Waals surface area (Å²) in [6, 6.07) is 18.6. The van der Waals surface area contributed by atoms with Crippen LogP contribution in [0.1, 0.15) is 17.3 Å². The van der Waals surface area contributed by atoms with Crippen molar-refractivity contribution in [2.75, 3.05) is 18.5 Å². The smallest absolute Gasteiger partial charge is 0.260 e. The monoisotopic (exact) mass is 351 g/mol. The van der Waals surface area contributed by atoms with E-state index in [1.54, 1.807) is 28.9 Å². The second kappa shape index (κ2) is 8.31. The van der Waals surface area contributed by atoms with Crippen molar-refractivity contribution in [3.63, 3.8) is 0 Å². The van der Waals surface area contributed by atoms with Gasteiger partial charge in [-0.05, 0) is 19.1 Å². The third-order valence-electron chi connectivity index (χ3n) is 3.83. The summed E-state index contributed by atoms with van der Waals surface area (Å²) in [5, 5.41) is 16.7. The fourth-order valence-corrected chi connectivity index (χ4v) is 2.65. The average molecular weight is 351 g/mol. The molecule has 1 amide bonds. The number of nitrogens with zero attached hydrogens (tertiary/aromatic N) is 2. The molecule has 1 aromatic heterocycles. The van der Waals surface area contributed by atoms with Crippen molar-refractivity contribution in [2.45, 2.75) is 13.5 Å². The zero-order chi connectivity index (χ0) is 18.4. The maximum atomic E-state index is 12.7. The number of hydrogen-bond acceptors (Lipinski definition) is 4. The van der Waals surface area contributed by atoms with Crippen LogP contribution in [0.15, 0.2) is 60.7 Å². The summed E-state index contributed by atoms with van der Waals surface area (Å²) >= 11 is 0. The summed E-state index contributed by atoms with van der Waals surface area (Å²) < 4.78 is 7.11. The van der Waals surface area contributed by atoms with Crippen molar-refractivity contribution in [3.05, 3.63) is 66.2 Å². The first-order chi connectivity index (χ1) is 12.7. The van der Waals surface area contributed by atoms with E-state index < -0.39 is 0 Å². The molecular weight excluding hydrogens is 330 g/mol. The number of hydrogen-bond donors (Lipinski definition) is 2. The van der Waals surface area contributed by atoms with E-state index in [0.29, 0.717) is 23.7 Å². The number of aliphatic hydroxyl groups excluding tert-OH is 1. The fraction of sp³-hybridized carbons (Fsp3) is 0.200. The Kier molecular flexibility index (Phi) is 5.66. The number of ether oxygens (including phenoxy) is 1. The van der Waals surface area contributed by atoms with Gasteiger partial charge < -0.3 is 15.2 Å². The van der Waals surface area contributed by atoms with Gasteiger partial charge in [-0.2, -0.15) is 5.10 Å². The lowest BCUT2D eigenvalue weighted by Gasteiger charge is -2.11. The Morgan fingerprint density at radius 3 is 2.62 bits per heavy atom. The third kappa shape index (κ3) is 3.92. The molecule has 0 atom stereocenters. The number of aromatic nitrogens is 2. The Hall–Kier alpha value is -3.12. The van der Waals surface area contributed by atoms with Gasteiger partial charge in [0.25, 0.3) is 5.91 Å². The van der Waals surface area contributed by atoms with Crippen molar-refractivity contribution in [3.8, 4) is 17.0 Å². The van der Waals surface area contributed by atoms with Gasteiger partial charge in [0.2, 0.25) is 0 Å². The quantitative estimate of drug-likeness (QED) is 0.685. The first kappa shape index (κ1) is 17.7. The Balaban J connectivity index is 1.89. The van der Waals surface area contributed by atoms with Crippen LogP contribution in [0.3, 0.4) is 0 Å². The van der Waals surface area contributed by atoms with Gasteiger partial charge in [0.15, 0.2) is 0 Å². The van der Waals surface area contributed by atoms with E-state index in [-0.39, 0.29) is 19.1 Å². The molecule has 0 spiro atoms. The molecule has 3 rings (SSSR count). The van der Waals surface area contributed by atoms with E-state index in [4.69, 9.17) is 4.74 Å². The Morgan fingerprint density at radius 1 is 1.15 bits per heavy atom. The van der Waals surface area contributed by atoms with Gasteiger partial charge in [0.05, 0.1) is 31.0 Å². The highest BCUT2D eigenvalue weighted by Crippen LogP contribution is 2.24. The van der Waals surface area contributed by atoms with Crippen LogP contribution < -0.4 is 10.1 Å². The summed E-state index contributed by atoms with van der Waals surface area (Å²) in [5.74, 6) is 0.769. The molecule has 2 aromatic carbocycles. The molecule has 0 radical (unpaired) electrons. The number of benzene rings is 2. The second-order valence-electron chi connectivity index (χ2n) is 5.61. The third-order valence-corrected chi connectivity index (χ3v) is 3.83. The second-order valence-corrected chi connectivity index (χ2v) is 5.61. The highest BCUT2D eigenvalue weighted by molar-refractivity contribution is 6.06. The zero-order valence-corrected chi connectivity index (χ0v) is 14.6. The molecule has 1 heterocycles. The number of rotatable bonds is 7. The number of amides is 1. The number of anilines is 1. The molecule has 26 heavy (non-hydrogen) atoms. The highest BCUT2D eigenvalue weighted by atomic mass is 16.5. The molecule has 2 N–H and O–H groups in total. The van der Waals surface area contributed by atoms with Crippen molar-refractivity contribution < 1.29 is 14.6 Å². The average Bonchev–Trinajstić information content (AvgIpc) is 3.06. The van der Waals surface area contributed by atoms with Crippen molar-refractivity contribution in [1.82, 2.24) is 9.78 Å². The molecule has 6 heteroatoms. The number of para-hydroxylation sites is 1. The van der Waals surface area contributed by atoms with Crippen molar-refractivity contribution in [2.24, 2.45) is 0 Å². The van der Waals surface area contributed by atoms with Crippen LogP contribution in [0.4, 0.5) is 5.82 Å². The molecule has 6 nitrogen and oxygen atoms in total. The van der Waals surface area contributed by atoms with Crippen LogP contribution in [0.5, 0.6) is 5.75 Å². The molecule has 0 fully saturated rings. The largest absolute Gasteiger partial charge is 0.493 e. The van der Waals surface area contributed by atoms with Crippen LogP contribution in [0.25, 0.3) is 11.3 Å². The summed E-state index contributed by atoms with van der Waals surface area (Å²) in [6.07, 6.45) is 0. The zero-order valence-electron chi connectivity index (χ0n) is 14.6. The van der Waals surface area contributed by atoms with Crippen LogP contribution >= 0.6 is 0 Å². The number of carbonyl (C=O) groups excluding carboxylic acids is 1. The topological polar surface area (TPSA) is 76.4 Å². The summed E-state index contributed by atoms with van der Waals surface area (Å²) in [7, 11) is 0. The summed E-state index contributed by atoms with van der Waals surface area (Å²) in [5.41, 5.74) is 2.12. The molecule has 0 unspecified atom stereocenters. The molecule has 0 aliphatic heterocycles. The van der Waals surface area contributed by atoms with Crippen LogP contribution in [0.2, 0.25) is 0 Å². The van der Waals surface area contributed by atoms with Crippen LogP contribution in [0, 0.1) is 0 Å². The standard InChI is InChI=1S/C20H21N3O3/c1-2-26-18-11-7-6-10-16(18)20(25)21-19-14-17(22-23(19)12-13-24)15-8-4-3-5-9-15/h3-11,14,24H,2,12-13H2,1H3,(H,21,25). The van der Waals surface area contributed by atoms with E-state index in [2.05, 4.69) is 10.4 Å². The first-order valence-corrected chi connectivity index (χ1v) is 8.50. The van der Waals surface area contributed by atoms with Gasteiger partial charge in [0, 0.05) is 11.6 Å². The minimum absolute atomic E-state index is 0.0751. The lowest BCUT2D eigenvalue weighted by atomic mass is 10.1. The van der Waals surface area contributed by atoms with Gasteiger partial charge in [-0.15, -0.1) is 0 Å². The van der Waals surface area contributed by atoms with E-state index >= 15 is 0 Å². The SMILES string of the molecule is CCOc1ccccc1C(=O)Nc1cc(-c2ccccc2)nn1CCO. The molecule has 0 saturated carbocycles. The predicted octanol–water partition coefficient (Wildman–Crippen LogP) is 3.19. The normalized spacial score (nSPS) is 10.5. The number of carbonyl (C=O) groups is 1. The van der Waals surface area contributed by atoms with Crippen molar-refractivity contribution in [1.29, 1.82) is 0 Å². The van der Waals surface area contributed by atoms with E-state index in [9.17, 15) is 9.90 Å². The van der Waals surface area contributed by atoms with Gasteiger partial charge in [-0.1, -0.05) is 42.5 Å². The lowest BCUT2D eigenvalue weighted by molar-refractivity contribution is 0.102. The molecule has 3 aromatic rings. The minimum atomic E-state index is -0.284. The molecule has 0 aliphatic carbocycles. The summed E-state index contributed by atoms with van der Waals surface area (Å²) in [4.78, 5) is 12.7.